The van der Waals surface area contributed by atoms with Crippen LogP contribution in [0.1, 0.15) is 24.2 Å². The minimum Gasteiger partial charge on any atom is -0.492 e. The summed E-state index contributed by atoms with van der Waals surface area (Å²) < 4.78 is 5.58. The Morgan fingerprint density at radius 3 is 2.52 bits per heavy atom. The first kappa shape index (κ1) is 18.5. The van der Waals surface area contributed by atoms with Crippen LogP contribution in [0.25, 0.3) is 0 Å². The highest BCUT2D eigenvalue weighted by atomic mass is 16.5. The van der Waals surface area contributed by atoms with Crippen molar-refractivity contribution in [2.45, 2.75) is 13.8 Å². The van der Waals surface area contributed by atoms with Crippen molar-refractivity contribution >= 4 is 23.1 Å². The van der Waals surface area contributed by atoms with Gasteiger partial charge in [0, 0.05) is 24.0 Å². The van der Waals surface area contributed by atoms with E-state index in [0.29, 0.717) is 23.6 Å². The molecule has 5 nitrogen and oxygen atoms in total. The van der Waals surface area contributed by atoms with E-state index in [2.05, 4.69) is 22.1 Å². The van der Waals surface area contributed by atoms with E-state index in [1.54, 1.807) is 18.3 Å². The third-order valence-corrected chi connectivity index (χ3v) is 4.10. The lowest BCUT2D eigenvalue weighted by Gasteiger charge is -2.22. The van der Waals surface area contributed by atoms with Gasteiger partial charge < -0.3 is 15.0 Å². The fraction of sp³-hybridized carbons (Fsp3) is 0.182. The van der Waals surface area contributed by atoms with Crippen molar-refractivity contribution in [2.75, 3.05) is 23.4 Å². The molecule has 0 radical (unpaired) electrons. The van der Waals surface area contributed by atoms with E-state index in [-0.39, 0.29) is 5.91 Å². The van der Waals surface area contributed by atoms with Crippen LogP contribution in [0.2, 0.25) is 0 Å². The fourth-order valence-electron chi connectivity index (χ4n) is 2.84. The van der Waals surface area contributed by atoms with Crippen LogP contribution in [0.3, 0.4) is 0 Å². The summed E-state index contributed by atoms with van der Waals surface area (Å²) in [6, 6.07) is 20.9. The van der Waals surface area contributed by atoms with Gasteiger partial charge in [-0.1, -0.05) is 30.3 Å². The summed E-state index contributed by atoms with van der Waals surface area (Å²) in [5.74, 6) is 1.19. The standard InChI is InChI=1S/C22H23N3O2/c1-3-25(18-10-6-5-7-11-18)21-16-17(14-15-23-21)22(26)24-19-12-8-9-13-20(19)27-4-2/h5-16H,3-4H2,1-2H3,(H,24,26). The van der Waals surface area contributed by atoms with Gasteiger partial charge in [-0.05, 0) is 50.2 Å². The second-order valence-electron chi connectivity index (χ2n) is 5.87. The number of hydrogen-bond donors (Lipinski definition) is 1. The molecule has 1 heterocycles. The molecule has 0 aliphatic heterocycles. The van der Waals surface area contributed by atoms with Crippen LogP contribution in [0, 0.1) is 0 Å². The fourth-order valence-corrected chi connectivity index (χ4v) is 2.84. The molecule has 0 fully saturated rings. The molecule has 0 aliphatic carbocycles. The third-order valence-electron chi connectivity index (χ3n) is 4.10. The van der Waals surface area contributed by atoms with Gasteiger partial charge in [-0.2, -0.15) is 0 Å². The molecule has 3 rings (SSSR count). The van der Waals surface area contributed by atoms with E-state index < -0.39 is 0 Å². The SMILES string of the molecule is CCOc1ccccc1NC(=O)c1ccnc(N(CC)c2ccccc2)c1. The Balaban J connectivity index is 1.84. The quantitative estimate of drug-likeness (QED) is 0.651. The highest BCUT2D eigenvalue weighted by Gasteiger charge is 2.14. The van der Waals surface area contributed by atoms with Crippen molar-refractivity contribution in [1.29, 1.82) is 0 Å². The summed E-state index contributed by atoms with van der Waals surface area (Å²) in [6.45, 7) is 5.25. The molecule has 0 atom stereocenters. The first-order valence-corrected chi connectivity index (χ1v) is 9.04. The number of pyridine rings is 1. The lowest BCUT2D eigenvalue weighted by atomic mass is 10.2. The van der Waals surface area contributed by atoms with E-state index >= 15 is 0 Å². The van der Waals surface area contributed by atoms with Gasteiger partial charge in [0.25, 0.3) is 5.91 Å². The molecular formula is C22H23N3O2. The number of hydrogen-bond acceptors (Lipinski definition) is 4. The molecule has 1 aromatic heterocycles. The maximum atomic E-state index is 12.8. The number of carbonyl (C=O) groups is 1. The Morgan fingerprint density at radius 1 is 1.04 bits per heavy atom. The average molecular weight is 361 g/mol. The molecule has 0 saturated heterocycles. The molecule has 27 heavy (non-hydrogen) atoms. The number of ether oxygens (including phenoxy) is 1. The molecule has 1 N–H and O–H groups in total. The summed E-state index contributed by atoms with van der Waals surface area (Å²) in [7, 11) is 0. The summed E-state index contributed by atoms with van der Waals surface area (Å²) in [5.41, 5.74) is 2.23. The molecule has 0 unspecified atom stereocenters. The van der Waals surface area contributed by atoms with Crippen molar-refractivity contribution < 1.29 is 9.53 Å². The lowest BCUT2D eigenvalue weighted by molar-refractivity contribution is 0.102. The average Bonchev–Trinajstić information content (AvgIpc) is 2.71. The zero-order valence-corrected chi connectivity index (χ0v) is 15.6. The van der Waals surface area contributed by atoms with Gasteiger partial charge in [0.2, 0.25) is 0 Å². The second-order valence-corrected chi connectivity index (χ2v) is 5.87. The molecule has 0 bridgehead atoms. The molecule has 138 valence electrons. The number of nitrogens with zero attached hydrogens (tertiary/aromatic N) is 2. The maximum absolute atomic E-state index is 12.8. The van der Waals surface area contributed by atoms with Crippen molar-refractivity contribution in [3.63, 3.8) is 0 Å². The maximum Gasteiger partial charge on any atom is 0.255 e. The number of amides is 1. The van der Waals surface area contributed by atoms with Crippen LogP contribution in [0.4, 0.5) is 17.2 Å². The summed E-state index contributed by atoms with van der Waals surface area (Å²) in [5, 5.41) is 2.93. The van der Waals surface area contributed by atoms with Gasteiger partial charge in [0.1, 0.15) is 11.6 Å². The van der Waals surface area contributed by atoms with Crippen molar-refractivity contribution in [1.82, 2.24) is 4.98 Å². The largest absolute Gasteiger partial charge is 0.492 e. The van der Waals surface area contributed by atoms with Crippen LogP contribution in [-0.4, -0.2) is 24.0 Å². The number of anilines is 3. The topological polar surface area (TPSA) is 54.5 Å². The summed E-state index contributed by atoms with van der Waals surface area (Å²) in [6.07, 6.45) is 1.66. The Kier molecular flexibility index (Phi) is 6.05. The zero-order valence-electron chi connectivity index (χ0n) is 15.6. The number of aromatic nitrogens is 1. The lowest BCUT2D eigenvalue weighted by Crippen LogP contribution is -2.19. The van der Waals surface area contributed by atoms with Crippen LogP contribution < -0.4 is 15.0 Å². The molecule has 1 amide bonds. The van der Waals surface area contributed by atoms with Gasteiger partial charge in [0.05, 0.1) is 12.3 Å². The van der Waals surface area contributed by atoms with Crippen molar-refractivity contribution in [2.24, 2.45) is 0 Å². The second kappa shape index (κ2) is 8.85. The molecule has 3 aromatic rings. The van der Waals surface area contributed by atoms with Crippen molar-refractivity contribution in [3.8, 4) is 5.75 Å². The Morgan fingerprint density at radius 2 is 1.78 bits per heavy atom. The molecular weight excluding hydrogens is 338 g/mol. The van der Waals surface area contributed by atoms with E-state index in [0.717, 1.165) is 18.1 Å². The minimum absolute atomic E-state index is 0.199. The highest BCUT2D eigenvalue weighted by molar-refractivity contribution is 6.05. The van der Waals surface area contributed by atoms with Gasteiger partial charge >= 0.3 is 0 Å². The molecule has 5 heteroatoms. The van der Waals surface area contributed by atoms with Gasteiger partial charge in [0.15, 0.2) is 0 Å². The zero-order chi connectivity index (χ0) is 19.1. The molecule has 0 saturated carbocycles. The normalized spacial score (nSPS) is 10.3. The Hall–Kier alpha value is -3.34. The predicted octanol–water partition coefficient (Wildman–Crippen LogP) is 4.89. The predicted molar refractivity (Wildman–Crippen MR) is 109 cm³/mol. The minimum atomic E-state index is -0.199. The molecule has 0 spiro atoms. The number of para-hydroxylation sites is 3. The molecule has 0 aliphatic rings. The number of rotatable bonds is 7. The first-order chi connectivity index (χ1) is 13.2. The summed E-state index contributed by atoms with van der Waals surface area (Å²) >= 11 is 0. The highest BCUT2D eigenvalue weighted by Crippen LogP contribution is 2.26. The number of benzene rings is 2. The first-order valence-electron chi connectivity index (χ1n) is 9.04. The van der Waals surface area contributed by atoms with Gasteiger partial charge in [-0.3, -0.25) is 4.79 Å². The van der Waals surface area contributed by atoms with Gasteiger partial charge in [-0.15, -0.1) is 0 Å². The number of nitrogens with one attached hydrogen (secondary N) is 1. The van der Waals surface area contributed by atoms with Gasteiger partial charge in [-0.25, -0.2) is 4.98 Å². The molecule has 2 aromatic carbocycles. The van der Waals surface area contributed by atoms with Crippen LogP contribution >= 0.6 is 0 Å². The van der Waals surface area contributed by atoms with Crippen LogP contribution in [0.5, 0.6) is 5.75 Å². The monoisotopic (exact) mass is 361 g/mol. The van der Waals surface area contributed by atoms with Crippen LogP contribution in [-0.2, 0) is 0 Å². The third kappa shape index (κ3) is 4.44. The van der Waals surface area contributed by atoms with Crippen molar-refractivity contribution in [3.05, 3.63) is 78.5 Å². The number of carbonyl (C=O) groups excluding carboxylic acids is 1. The van der Waals surface area contributed by atoms with E-state index in [4.69, 9.17) is 4.74 Å². The smallest absolute Gasteiger partial charge is 0.255 e. The Bertz CT molecular complexity index is 897. The van der Waals surface area contributed by atoms with E-state index in [9.17, 15) is 4.79 Å². The van der Waals surface area contributed by atoms with E-state index in [1.807, 2.05) is 61.5 Å². The van der Waals surface area contributed by atoms with E-state index in [1.165, 1.54) is 0 Å². The Labute approximate surface area is 159 Å². The van der Waals surface area contributed by atoms with Crippen LogP contribution in [0.15, 0.2) is 72.9 Å². The summed E-state index contributed by atoms with van der Waals surface area (Å²) in [4.78, 5) is 19.3.